The predicted molar refractivity (Wildman–Crippen MR) is 118 cm³/mol. The highest BCUT2D eigenvalue weighted by atomic mass is 19.1. The van der Waals surface area contributed by atoms with E-state index in [4.69, 9.17) is 9.72 Å². The number of anilines is 3. The fourth-order valence-corrected chi connectivity index (χ4v) is 3.60. The molecule has 3 N–H and O–H groups in total. The van der Waals surface area contributed by atoms with E-state index in [1.165, 1.54) is 25.0 Å². The lowest BCUT2D eigenvalue weighted by Gasteiger charge is -2.17. The third-order valence-corrected chi connectivity index (χ3v) is 5.49. The molecule has 1 saturated carbocycles. The van der Waals surface area contributed by atoms with Crippen LogP contribution in [0.2, 0.25) is 0 Å². The van der Waals surface area contributed by atoms with Crippen LogP contribution in [0.1, 0.15) is 43.0 Å². The number of benzene rings is 2. The molecule has 1 aliphatic rings. The molecule has 1 aliphatic carbocycles. The summed E-state index contributed by atoms with van der Waals surface area (Å²) in [6, 6.07) is 14.0. The zero-order valence-electron chi connectivity index (χ0n) is 17.3. The van der Waals surface area contributed by atoms with Crippen LogP contribution >= 0.6 is 0 Å². The van der Waals surface area contributed by atoms with E-state index in [-0.39, 0.29) is 11.9 Å². The molecule has 1 fully saturated rings. The van der Waals surface area contributed by atoms with Crippen molar-refractivity contribution in [1.29, 1.82) is 0 Å². The van der Waals surface area contributed by atoms with E-state index in [1.54, 1.807) is 19.2 Å². The first-order chi connectivity index (χ1) is 15.1. The Kier molecular flexibility index (Phi) is 4.89. The van der Waals surface area contributed by atoms with Gasteiger partial charge in [0, 0.05) is 23.1 Å². The molecule has 158 valence electrons. The van der Waals surface area contributed by atoms with E-state index in [0.717, 1.165) is 16.6 Å². The predicted octanol–water partition coefficient (Wildman–Crippen LogP) is 5.29. The maximum Gasteiger partial charge on any atom is 0.225 e. The molecular formula is C23H23FN6O. The summed E-state index contributed by atoms with van der Waals surface area (Å²) in [5.74, 6) is 2.75. The highest BCUT2D eigenvalue weighted by molar-refractivity contribution is 5.95. The summed E-state index contributed by atoms with van der Waals surface area (Å²) < 4.78 is 18.8. The van der Waals surface area contributed by atoms with Gasteiger partial charge in [-0.3, -0.25) is 5.10 Å². The molecule has 2 aromatic carbocycles. The number of hydrogen-bond donors (Lipinski definition) is 3. The lowest BCUT2D eigenvalue weighted by molar-refractivity contribution is 0.419. The molecule has 0 saturated heterocycles. The van der Waals surface area contributed by atoms with E-state index in [9.17, 15) is 4.39 Å². The average Bonchev–Trinajstić information content (AvgIpc) is 3.53. The molecule has 0 spiro atoms. The van der Waals surface area contributed by atoms with Crippen LogP contribution in [0.5, 0.6) is 5.75 Å². The Labute approximate surface area is 179 Å². The fraction of sp³-hybridized carbons (Fsp3) is 0.261. The highest BCUT2D eigenvalue weighted by Gasteiger charge is 2.25. The molecule has 2 aromatic heterocycles. The van der Waals surface area contributed by atoms with Crippen molar-refractivity contribution in [2.45, 2.75) is 31.7 Å². The van der Waals surface area contributed by atoms with Gasteiger partial charge in [-0.15, -0.1) is 0 Å². The molecule has 0 aliphatic heterocycles. The highest BCUT2D eigenvalue weighted by Crippen LogP contribution is 2.40. The first-order valence-corrected chi connectivity index (χ1v) is 10.3. The number of nitrogens with one attached hydrogen (secondary N) is 3. The van der Waals surface area contributed by atoms with Gasteiger partial charge >= 0.3 is 0 Å². The molecular weight excluding hydrogens is 395 g/mol. The number of H-pyrrole nitrogens is 1. The summed E-state index contributed by atoms with van der Waals surface area (Å²) in [6.45, 7) is 1.98. The standard InChI is InChI=1S/C23H23FN6O/c1-13(14-8-10-16(24)11-9-14)25-23-27-21-17(4-3-5-19(21)31-2)22(28-23)26-20-12-18(29-30-20)15-6-7-15/h3-5,8-13,15H,6-7H2,1-2H3,(H3,25,26,27,28,29,30)/t13-/m0/s1. The van der Waals surface area contributed by atoms with E-state index >= 15 is 0 Å². The summed E-state index contributed by atoms with van der Waals surface area (Å²) in [6.07, 6.45) is 2.40. The number of aromatic nitrogens is 4. The van der Waals surface area contributed by atoms with Gasteiger partial charge in [0.15, 0.2) is 5.82 Å². The van der Waals surface area contributed by atoms with Gasteiger partial charge < -0.3 is 15.4 Å². The number of rotatable bonds is 7. The molecule has 7 nitrogen and oxygen atoms in total. The lowest BCUT2D eigenvalue weighted by atomic mass is 10.1. The van der Waals surface area contributed by atoms with Gasteiger partial charge in [0.25, 0.3) is 0 Å². The van der Waals surface area contributed by atoms with Crippen molar-refractivity contribution in [3.05, 3.63) is 65.6 Å². The number of fused-ring (bicyclic) bond motifs is 1. The van der Waals surface area contributed by atoms with Crippen molar-refractivity contribution in [1.82, 2.24) is 20.2 Å². The van der Waals surface area contributed by atoms with Gasteiger partial charge in [-0.1, -0.05) is 18.2 Å². The molecule has 0 bridgehead atoms. The number of hydrogen-bond acceptors (Lipinski definition) is 6. The van der Waals surface area contributed by atoms with Gasteiger partial charge in [-0.2, -0.15) is 10.1 Å². The Hall–Kier alpha value is -3.68. The average molecular weight is 418 g/mol. The molecule has 8 heteroatoms. The Bertz CT molecular complexity index is 1220. The second kappa shape index (κ2) is 7.86. The third-order valence-electron chi connectivity index (χ3n) is 5.49. The number of halogens is 1. The van der Waals surface area contributed by atoms with Gasteiger partial charge in [0.05, 0.1) is 13.2 Å². The summed E-state index contributed by atoms with van der Waals surface area (Å²) in [4.78, 5) is 9.39. The van der Waals surface area contributed by atoms with Gasteiger partial charge in [0.2, 0.25) is 5.95 Å². The van der Waals surface area contributed by atoms with E-state index in [0.29, 0.717) is 34.8 Å². The third kappa shape index (κ3) is 4.01. The van der Waals surface area contributed by atoms with Crippen molar-refractivity contribution < 1.29 is 9.13 Å². The van der Waals surface area contributed by atoms with Crippen LogP contribution in [0.15, 0.2) is 48.5 Å². The van der Waals surface area contributed by atoms with Crippen LogP contribution < -0.4 is 15.4 Å². The molecule has 4 aromatic rings. The first kappa shape index (κ1) is 19.3. The Morgan fingerprint density at radius 1 is 1.13 bits per heavy atom. The largest absolute Gasteiger partial charge is 0.494 e. The summed E-state index contributed by atoms with van der Waals surface area (Å²) >= 11 is 0. The zero-order chi connectivity index (χ0) is 21.4. The topological polar surface area (TPSA) is 87.8 Å². The van der Waals surface area contributed by atoms with Crippen LogP contribution in [0.3, 0.4) is 0 Å². The number of ether oxygens (including phenoxy) is 1. The minimum atomic E-state index is -0.265. The van der Waals surface area contributed by atoms with Crippen molar-refractivity contribution in [3.63, 3.8) is 0 Å². The van der Waals surface area contributed by atoms with E-state index in [1.807, 2.05) is 31.2 Å². The molecule has 0 unspecified atom stereocenters. The normalized spacial score (nSPS) is 14.4. The van der Waals surface area contributed by atoms with Crippen LogP contribution in [-0.4, -0.2) is 27.3 Å². The SMILES string of the molecule is COc1cccc2c(Nc3cc(C4CC4)[nH]n3)nc(N[C@@H](C)c3ccc(F)cc3)nc12. The number of aromatic amines is 1. The number of para-hydroxylation sites is 1. The van der Waals surface area contributed by atoms with Crippen LogP contribution in [0, 0.1) is 5.82 Å². The van der Waals surface area contributed by atoms with Gasteiger partial charge in [-0.05, 0) is 49.6 Å². The molecule has 0 amide bonds. The van der Waals surface area contributed by atoms with Crippen molar-refractivity contribution >= 4 is 28.5 Å². The molecule has 5 rings (SSSR count). The fourth-order valence-electron chi connectivity index (χ4n) is 3.60. The molecule has 0 radical (unpaired) electrons. The van der Waals surface area contributed by atoms with Crippen molar-refractivity contribution in [2.24, 2.45) is 0 Å². The van der Waals surface area contributed by atoms with Crippen LogP contribution in [0.25, 0.3) is 10.9 Å². The van der Waals surface area contributed by atoms with E-state index < -0.39 is 0 Å². The summed E-state index contributed by atoms with van der Waals surface area (Å²) in [5.41, 5.74) is 2.76. The Morgan fingerprint density at radius 2 is 1.94 bits per heavy atom. The molecule has 2 heterocycles. The monoisotopic (exact) mass is 418 g/mol. The first-order valence-electron chi connectivity index (χ1n) is 10.3. The number of nitrogens with zero attached hydrogens (tertiary/aromatic N) is 3. The van der Waals surface area contributed by atoms with Gasteiger partial charge in [0.1, 0.15) is 22.9 Å². The van der Waals surface area contributed by atoms with Crippen LogP contribution in [-0.2, 0) is 0 Å². The zero-order valence-corrected chi connectivity index (χ0v) is 17.3. The maximum absolute atomic E-state index is 13.3. The quantitative estimate of drug-likeness (QED) is 0.378. The number of methoxy groups -OCH3 is 1. The molecule has 31 heavy (non-hydrogen) atoms. The lowest BCUT2D eigenvalue weighted by Crippen LogP contribution is -2.11. The molecule has 1 atom stereocenters. The van der Waals surface area contributed by atoms with Crippen molar-refractivity contribution in [2.75, 3.05) is 17.7 Å². The summed E-state index contributed by atoms with van der Waals surface area (Å²) in [5, 5.41) is 15.0. The Morgan fingerprint density at radius 3 is 2.68 bits per heavy atom. The second-order valence-corrected chi connectivity index (χ2v) is 7.78. The van der Waals surface area contributed by atoms with Crippen molar-refractivity contribution in [3.8, 4) is 5.75 Å². The minimum absolute atomic E-state index is 0.118. The smallest absolute Gasteiger partial charge is 0.225 e. The van der Waals surface area contributed by atoms with Gasteiger partial charge in [-0.25, -0.2) is 9.37 Å². The summed E-state index contributed by atoms with van der Waals surface area (Å²) in [7, 11) is 1.62. The second-order valence-electron chi connectivity index (χ2n) is 7.78. The van der Waals surface area contributed by atoms with E-state index in [2.05, 4.69) is 25.8 Å². The maximum atomic E-state index is 13.3. The minimum Gasteiger partial charge on any atom is -0.494 e. The van der Waals surface area contributed by atoms with Crippen LogP contribution in [0.4, 0.5) is 22.0 Å². The Balaban J connectivity index is 1.50.